The van der Waals surface area contributed by atoms with Crippen molar-refractivity contribution in [1.29, 1.82) is 0 Å². The van der Waals surface area contributed by atoms with E-state index in [4.69, 9.17) is 9.47 Å². The van der Waals surface area contributed by atoms with Crippen LogP contribution in [0.1, 0.15) is 51.0 Å². The third-order valence-electron chi connectivity index (χ3n) is 7.35. The lowest BCUT2D eigenvalue weighted by Crippen LogP contribution is -2.69. The Morgan fingerprint density at radius 2 is 2.07 bits per heavy atom. The summed E-state index contributed by atoms with van der Waals surface area (Å²) < 4.78 is 25.5. The van der Waals surface area contributed by atoms with E-state index in [-0.39, 0.29) is 17.6 Å². The summed E-state index contributed by atoms with van der Waals surface area (Å²) in [6.07, 6.45) is 4.14. The average Bonchev–Trinajstić information content (AvgIpc) is 2.68. The van der Waals surface area contributed by atoms with E-state index < -0.39 is 17.2 Å². The number of ether oxygens (including phenoxy) is 2. The number of aliphatic hydroxyl groups is 1. The number of amides is 1. The Labute approximate surface area is 177 Å². The second-order valence-electron chi connectivity index (χ2n) is 9.33. The highest BCUT2D eigenvalue weighted by Crippen LogP contribution is 2.41. The summed E-state index contributed by atoms with van der Waals surface area (Å²) in [4.78, 5) is 14.7. The van der Waals surface area contributed by atoms with Crippen LogP contribution in [0.2, 0.25) is 0 Å². The number of hydrogen-bond donors (Lipinski definition) is 2. The van der Waals surface area contributed by atoms with Crippen LogP contribution < -0.4 is 10.1 Å². The highest BCUT2D eigenvalue weighted by atomic mass is 19.1. The second kappa shape index (κ2) is 8.44. The van der Waals surface area contributed by atoms with Gasteiger partial charge in [0, 0.05) is 43.8 Å². The lowest BCUT2D eigenvalue weighted by Gasteiger charge is -2.54. The minimum Gasteiger partial charge on any atom is -0.497 e. The number of benzene rings is 1. The highest BCUT2D eigenvalue weighted by molar-refractivity contribution is 5.80. The van der Waals surface area contributed by atoms with E-state index in [9.17, 15) is 14.3 Å². The van der Waals surface area contributed by atoms with Crippen molar-refractivity contribution in [2.45, 2.75) is 69.2 Å². The number of hydrogen-bond acceptors (Lipinski definition) is 5. The summed E-state index contributed by atoms with van der Waals surface area (Å²) in [5, 5.41) is 14.4. The molecule has 0 radical (unpaired) electrons. The normalized spacial score (nSPS) is 29.4. The van der Waals surface area contributed by atoms with Gasteiger partial charge >= 0.3 is 0 Å². The van der Waals surface area contributed by atoms with Crippen molar-refractivity contribution < 1.29 is 23.8 Å². The van der Waals surface area contributed by atoms with E-state index in [1.807, 2.05) is 6.92 Å². The fourth-order valence-corrected chi connectivity index (χ4v) is 4.98. The van der Waals surface area contributed by atoms with Crippen LogP contribution in [-0.4, -0.2) is 60.0 Å². The highest BCUT2D eigenvalue weighted by Gasteiger charge is 2.54. The van der Waals surface area contributed by atoms with E-state index in [0.717, 1.165) is 19.3 Å². The Bertz CT molecular complexity index is 776. The molecule has 2 saturated heterocycles. The fraction of sp³-hybridized carbons (Fsp3) is 0.696. The molecule has 3 aliphatic rings. The molecule has 2 heterocycles. The van der Waals surface area contributed by atoms with Crippen molar-refractivity contribution in [3.63, 3.8) is 0 Å². The van der Waals surface area contributed by atoms with E-state index in [0.29, 0.717) is 56.8 Å². The molecule has 2 aliphatic heterocycles. The quantitative estimate of drug-likeness (QED) is 0.766. The molecule has 0 bridgehead atoms. The number of likely N-dealkylation sites (tertiary alicyclic amines) is 1. The van der Waals surface area contributed by atoms with Gasteiger partial charge in [0.25, 0.3) is 0 Å². The van der Waals surface area contributed by atoms with Gasteiger partial charge in [0.15, 0.2) is 0 Å². The van der Waals surface area contributed by atoms with Crippen LogP contribution >= 0.6 is 0 Å². The lowest BCUT2D eigenvalue weighted by atomic mass is 9.72. The first kappa shape index (κ1) is 21.5. The first-order valence-corrected chi connectivity index (χ1v) is 11.0. The van der Waals surface area contributed by atoms with Gasteiger partial charge in [-0.25, -0.2) is 4.39 Å². The SMILES string of the molecule is COc1ccc(CN2CCC3(CC2)OCC[C@](C)(NC(=O)C2CCC2)[C@H]3O)c(F)c1. The molecule has 4 rings (SSSR count). The van der Waals surface area contributed by atoms with Crippen molar-refractivity contribution in [2.24, 2.45) is 5.92 Å². The number of carbonyl (C=O) groups excluding carboxylic acids is 1. The molecule has 0 unspecified atom stereocenters. The van der Waals surface area contributed by atoms with Gasteiger partial charge in [-0.1, -0.05) is 12.5 Å². The summed E-state index contributed by atoms with van der Waals surface area (Å²) in [7, 11) is 1.52. The average molecular weight is 421 g/mol. The third-order valence-corrected chi connectivity index (χ3v) is 7.35. The number of methoxy groups -OCH3 is 1. The molecule has 6 nitrogen and oxygen atoms in total. The lowest BCUT2D eigenvalue weighted by molar-refractivity contribution is -0.208. The molecule has 0 aromatic heterocycles. The predicted molar refractivity (Wildman–Crippen MR) is 111 cm³/mol. The number of aliphatic hydroxyl groups excluding tert-OH is 1. The van der Waals surface area contributed by atoms with Gasteiger partial charge in [-0.2, -0.15) is 0 Å². The first-order valence-electron chi connectivity index (χ1n) is 11.0. The Hall–Kier alpha value is -1.70. The Morgan fingerprint density at radius 1 is 1.33 bits per heavy atom. The van der Waals surface area contributed by atoms with Gasteiger partial charge in [-0.3, -0.25) is 9.69 Å². The zero-order valence-electron chi connectivity index (χ0n) is 18.0. The minimum atomic E-state index is -0.761. The fourth-order valence-electron chi connectivity index (χ4n) is 4.98. The molecule has 1 spiro atoms. The molecule has 7 heteroatoms. The third kappa shape index (κ3) is 4.07. The van der Waals surface area contributed by atoms with Crippen LogP contribution in [0.15, 0.2) is 18.2 Å². The summed E-state index contributed by atoms with van der Waals surface area (Å²) >= 11 is 0. The van der Waals surface area contributed by atoms with Gasteiger partial charge < -0.3 is 19.9 Å². The summed E-state index contributed by atoms with van der Waals surface area (Å²) in [5.41, 5.74) is -0.696. The van der Waals surface area contributed by atoms with E-state index in [1.54, 1.807) is 12.1 Å². The summed E-state index contributed by atoms with van der Waals surface area (Å²) in [6.45, 7) is 4.38. The summed E-state index contributed by atoms with van der Waals surface area (Å²) in [6, 6.07) is 4.94. The molecule has 1 aromatic rings. The number of rotatable bonds is 5. The van der Waals surface area contributed by atoms with Crippen molar-refractivity contribution in [2.75, 3.05) is 26.8 Å². The minimum absolute atomic E-state index is 0.0623. The maximum absolute atomic E-state index is 14.3. The largest absolute Gasteiger partial charge is 0.497 e. The molecule has 1 amide bonds. The maximum atomic E-state index is 14.3. The zero-order chi connectivity index (χ0) is 21.4. The predicted octanol–water partition coefficient (Wildman–Crippen LogP) is 2.63. The topological polar surface area (TPSA) is 71.0 Å². The van der Waals surface area contributed by atoms with Crippen molar-refractivity contribution in [1.82, 2.24) is 10.2 Å². The monoisotopic (exact) mass is 420 g/mol. The molecule has 2 atom stereocenters. The molecule has 166 valence electrons. The molecular formula is C23H33FN2O4. The van der Waals surface area contributed by atoms with Crippen LogP contribution in [0.3, 0.4) is 0 Å². The van der Waals surface area contributed by atoms with Crippen LogP contribution in [0, 0.1) is 11.7 Å². The van der Waals surface area contributed by atoms with E-state index in [2.05, 4.69) is 10.2 Å². The van der Waals surface area contributed by atoms with Gasteiger partial charge in [0.05, 0.1) is 18.2 Å². The Balaban J connectivity index is 1.38. The van der Waals surface area contributed by atoms with Gasteiger partial charge in [-0.15, -0.1) is 0 Å². The zero-order valence-corrected chi connectivity index (χ0v) is 18.0. The Kier molecular flexibility index (Phi) is 6.06. The van der Waals surface area contributed by atoms with Gasteiger partial charge in [0.2, 0.25) is 5.91 Å². The van der Waals surface area contributed by atoms with Crippen LogP contribution in [0.4, 0.5) is 4.39 Å². The molecular weight excluding hydrogens is 387 g/mol. The number of piperidine rings is 1. The van der Waals surface area contributed by atoms with Crippen molar-refractivity contribution in [3.8, 4) is 5.75 Å². The first-order chi connectivity index (χ1) is 14.3. The van der Waals surface area contributed by atoms with E-state index >= 15 is 0 Å². The molecule has 1 saturated carbocycles. The van der Waals surface area contributed by atoms with E-state index in [1.165, 1.54) is 13.2 Å². The number of carbonyl (C=O) groups is 1. The van der Waals surface area contributed by atoms with Crippen molar-refractivity contribution in [3.05, 3.63) is 29.6 Å². The number of halogens is 1. The second-order valence-corrected chi connectivity index (χ2v) is 9.33. The van der Waals surface area contributed by atoms with Crippen LogP contribution in [-0.2, 0) is 16.1 Å². The maximum Gasteiger partial charge on any atom is 0.223 e. The van der Waals surface area contributed by atoms with Crippen LogP contribution in [0.25, 0.3) is 0 Å². The number of nitrogens with one attached hydrogen (secondary N) is 1. The molecule has 30 heavy (non-hydrogen) atoms. The van der Waals surface area contributed by atoms with Gasteiger partial charge in [0.1, 0.15) is 17.7 Å². The van der Waals surface area contributed by atoms with Crippen molar-refractivity contribution >= 4 is 5.91 Å². The van der Waals surface area contributed by atoms with Crippen LogP contribution in [0.5, 0.6) is 5.75 Å². The standard InChI is InChI=1S/C23H33FN2O4/c1-22(25-20(27)16-4-3-5-16)10-13-30-23(21(22)28)8-11-26(12-9-23)15-17-6-7-18(29-2)14-19(17)24/h6-7,14,16,21,28H,3-5,8-13,15H2,1-2H3,(H,25,27)/t21-,22+/m1/s1. The molecule has 1 aromatic carbocycles. The summed E-state index contributed by atoms with van der Waals surface area (Å²) in [5.74, 6) is 0.395. The number of nitrogens with zero attached hydrogens (tertiary/aromatic N) is 1. The Morgan fingerprint density at radius 3 is 2.67 bits per heavy atom. The molecule has 3 fully saturated rings. The molecule has 2 N–H and O–H groups in total. The smallest absolute Gasteiger partial charge is 0.223 e. The molecule has 1 aliphatic carbocycles. The van der Waals surface area contributed by atoms with Gasteiger partial charge in [-0.05, 0) is 45.1 Å².